The summed E-state index contributed by atoms with van der Waals surface area (Å²) in [6.07, 6.45) is 3.60. The van der Waals surface area contributed by atoms with Crippen LogP contribution < -0.4 is 15.5 Å². The van der Waals surface area contributed by atoms with Gasteiger partial charge in [0.1, 0.15) is 11.6 Å². The van der Waals surface area contributed by atoms with Gasteiger partial charge in [-0.2, -0.15) is 0 Å². The maximum atomic E-state index is 5.81. The fourth-order valence-corrected chi connectivity index (χ4v) is 2.21. The van der Waals surface area contributed by atoms with Crippen molar-refractivity contribution in [3.05, 3.63) is 41.7 Å². The molecule has 0 amide bonds. The number of anilines is 1. The minimum absolute atomic E-state index is 0. The summed E-state index contributed by atoms with van der Waals surface area (Å²) in [4.78, 5) is 15.3. The van der Waals surface area contributed by atoms with E-state index in [9.17, 15) is 0 Å². The van der Waals surface area contributed by atoms with Crippen LogP contribution in [-0.4, -0.2) is 36.6 Å². The Balaban J connectivity index is 0.00000364. The molecule has 0 aliphatic heterocycles. The zero-order chi connectivity index (χ0) is 19.2. The molecule has 2 aromatic rings. The highest BCUT2D eigenvalue weighted by atomic mass is 127. The fraction of sp³-hybridized carbons (Fsp3) is 0.526. The van der Waals surface area contributed by atoms with Gasteiger partial charge in [0.2, 0.25) is 5.89 Å². The average Bonchev–Trinajstić information content (AvgIpc) is 3.07. The molecule has 0 aliphatic carbocycles. The molecule has 2 heterocycles. The second-order valence-electron chi connectivity index (χ2n) is 7.33. The van der Waals surface area contributed by atoms with E-state index in [1.807, 2.05) is 38.1 Å². The predicted octanol–water partition coefficient (Wildman–Crippen LogP) is 3.31. The lowest BCUT2D eigenvalue weighted by atomic mass is 9.94. The number of oxazole rings is 1. The first kappa shape index (κ1) is 23.2. The van der Waals surface area contributed by atoms with Crippen molar-refractivity contribution in [2.24, 2.45) is 4.99 Å². The minimum Gasteiger partial charge on any atom is -0.443 e. The maximum absolute atomic E-state index is 5.81. The zero-order valence-corrected chi connectivity index (χ0v) is 19.4. The van der Waals surface area contributed by atoms with Crippen LogP contribution >= 0.6 is 24.0 Å². The quantitative estimate of drug-likeness (QED) is 0.371. The molecular formula is C19H31IN6O. The third kappa shape index (κ3) is 7.36. The molecule has 2 N–H and O–H groups in total. The lowest BCUT2D eigenvalue weighted by Gasteiger charge is -2.13. The molecule has 2 rings (SSSR count). The van der Waals surface area contributed by atoms with Crippen LogP contribution in [0.3, 0.4) is 0 Å². The summed E-state index contributed by atoms with van der Waals surface area (Å²) in [5, 5.41) is 6.51. The number of pyridine rings is 1. The van der Waals surface area contributed by atoms with Gasteiger partial charge in [-0.05, 0) is 24.6 Å². The van der Waals surface area contributed by atoms with E-state index < -0.39 is 0 Å². The van der Waals surface area contributed by atoms with Crippen molar-refractivity contribution in [3.63, 3.8) is 0 Å². The molecule has 0 unspecified atom stereocenters. The molecule has 0 aliphatic rings. The van der Waals surface area contributed by atoms with Crippen molar-refractivity contribution >= 4 is 35.8 Å². The highest BCUT2D eigenvalue weighted by Gasteiger charge is 2.19. The number of hydrogen-bond donors (Lipinski definition) is 2. The smallest absolute Gasteiger partial charge is 0.213 e. The van der Waals surface area contributed by atoms with Crippen molar-refractivity contribution in [2.75, 3.05) is 25.5 Å². The molecular weight excluding hydrogens is 455 g/mol. The Bertz CT molecular complexity index is 736. The largest absolute Gasteiger partial charge is 0.443 e. The third-order valence-electron chi connectivity index (χ3n) is 3.73. The highest BCUT2D eigenvalue weighted by molar-refractivity contribution is 14.0. The van der Waals surface area contributed by atoms with E-state index in [1.165, 1.54) is 0 Å². The van der Waals surface area contributed by atoms with Crippen molar-refractivity contribution in [1.82, 2.24) is 20.6 Å². The molecule has 0 aromatic carbocycles. The van der Waals surface area contributed by atoms with E-state index in [2.05, 4.69) is 46.4 Å². The third-order valence-corrected chi connectivity index (χ3v) is 3.73. The highest BCUT2D eigenvalue weighted by Crippen LogP contribution is 2.22. The van der Waals surface area contributed by atoms with Gasteiger partial charge in [-0.15, -0.1) is 24.0 Å². The van der Waals surface area contributed by atoms with Gasteiger partial charge in [0.05, 0.1) is 19.3 Å². The van der Waals surface area contributed by atoms with Crippen LogP contribution in [0.2, 0.25) is 0 Å². The van der Waals surface area contributed by atoms with Crippen LogP contribution in [0.4, 0.5) is 5.82 Å². The molecule has 8 heteroatoms. The van der Waals surface area contributed by atoms with Gasteiger partial charge >= 0.3 is 0 Å². The van der Waals surface area contributed by atoms with E-state index >= 15 is 0 Å². The molecule has 0 radical (unpaired) electrons. The summed E-state index contributed by atoms with van der Waals surface area (Å²) < 4.78 is 5.81. The Hall–Kier alpha value is -1.84. The number of aliphatic imine (C=N–C) groups is 1. The second-order valence-corrected chi connectivity index (χ2v) is 7.33. The summed E-state index contributed by atoms with van der Waals surface area (Å²) in [6.45, 7) is 10.2. The fourth-order valence-electron chi connectivity index (χ4n) is 2.21. The minimum atomic E-state index is -0.0463. The molecule has 0 spiro atoms. The van der Waals surface area contributed by atoms with E-state index in [0.29, 0.717) is 19.0 Å². The standard InChI is InChI=1S/C19H30N6O.HI/c1-7-20-18(23-11-14-8-9-21-16(10-14)25(5)6)24-13-17-22-12-15(26-17)19(2,3)4;/h8-10,12H,7,11,13H2,1-6H3,(H2,20,23,24);1H. The maximum Gasteiger partial charge on any atom is 0.213 e. The number of nitrogens with one attached hydrogen (secondary N) is 2. The molecule has 27 heavy (non-hydrogen) atoms. The molecule has 0 saturated carbocycles. The monoisotopic (exact) mass is 486 g/mol. The normalized spacial score (nSPS) is 11.7. The average molecular weight is 486 g/mol. The SMILES string of the molecule is CCNC(=NCc1ccnc(N(C)C)c1)NCc1ncc(C(C)(C)C)o1.I. The first-order valence-electron chi connectivity index (χ1n) is 8.89. The van der Waals surface area contributed by atoms with E-state index in [1.54, 1.807) is 12.4 Å². The summed E-state index contributed by atoms with van der Waals surface area (Å²) in [6, 6.07) is 4.01. The Kier molecular flexibility index (Phi) is 9.01. The summed E-state index contributed by atoms with van der Waals surface area (Å²) >= 11 is 0. The molecule has 2 aromatic heterocycles. The van der Waals surface area contributed by atoms with Crippen LogP contribution in [0.1, 0.15) is 44.9 Å². The number of halogens is 1. The molecule has 150 valence electrons. The van der Waals surface area contributed by atoms with Gasteiger partial charge in [-0.3, -0.25) is 0 Å². The molecule has 0 atom stereocenters. The number of nitrogens with zero attached hydrogens (tertiary/aromatic N) is 4. The predicted molar refractivity (Wildman–Crippen MR) is 121 cm³/mol. The molecule has 0 fully saturated rings. The Morgan fingerprint density at radius 1 is 1.22 bits per heavy atom. The number of rotatable bonds is 6. The Morgan fingerprint density at radius 2 is 1.96 bits per heavy atom. The van der Waals surface area contributed by atoms with Crippen LogP contribution in [0.15, 0.2) is 33.9 Å². The summed E-state index contributed by atoms with van der Waals surface area (Å²) in [7, 11) is 3.95. The van der Waals surface area contributed by atoms with E-state index in [0.717, 1.165) is 29.6 Å². The van der Waals surface area contributed by atoms with Gasteiger partial charge in [-0.25, -0.2) is 15.0 Å². The number of aromatic nitrogens is 2. The van der Waals surface area contributed by atoms with Gasteiger partial charge < -0.3 is 20.0 Å². The first-order chi connectivity index (χ1) is 12.3. The van der Waals surface area contributed by atoms with Crippen molar-refractivity contribution in [3.8, 4) is 0 Å². The van der Waals surface area contributed by atoms with Crippen LogP contribution in [0.5, 0.6) is 0 Å². The summed E-state index contributed by atoms with van der Waals surface area (Å²) in [5.74, 6) is 3.18. The second kappa shape index (κ2) is 10.5. The van der Waals surface area contributed by atoms with Crippen LogP contribution in [0, 0.1) is 0 Å². The Morgan fingerprint density at radius 3 is 2.56 bits per heavy atom. The van der Waals surface area contributed by atoms with Crippen LogP contribution in [0.25, 0.3) is 0 Å². The lowest BCUT2D eigenvalue weighted by Crippen LogP contribution is -2.36. The topological polar surface area (TPSA) is 78.6 Å². The number of guanidine groups is 1. The van der Waals surface area contributed by atoms with Gasteiger partial charge in [-0.1, -0.05) is 20.8 Å². The molecule has 0 saturated heterocycles. The molecule has 0 bridgehead atoms. The van der Waals surface area contributed by atoms with Crippen molar-refractivity contribution < 1.29 is 4.42 Å². The van der Waals surface area contributed by atoms with Gasteiger partial charge in [0.15, 0.2) is 5.96 Å². The van der Waals surface area contributed by atoms with Gasteiger partial charge in [0.25, 0.3) is 0 Å². The number of hydrogen-bond acceptors (Lipinski definition) is 5. The van der Waals surface area contributed by atoms with Crippen molar-refractivity contribution in [2.45, 2.75) is 46.2 Å². The zero-order valence-electron chi connectivity index (χ0n) is 17.0. The first-order valence-corrected chi connectivity index (χ1v) is 8.89. The van der Waals surface area contributed by atoms with Crippen molar-refractivity contribution in [1.29, 1.82) is 0 Å². The summed E-state index contributed by atoms with van der Waals surface area (Å²) in [5.41, 5.74) is 1.06. The van der Waals surface area contributed by atoms with Crippen LogP contribution in [-0.2, 0) is 18.5 Å². The lowest BCUT2D eigenvalue weighted by molar-refractivity contribution is 0.379. The van der Waals surface area contributed by atoms with E-state index in [-0.39, 0.29) is 29.4 Å². The van der Waals surface area contributed by atoms with E-state index in [4.69, 9.17) is 4.42 Å². The molecule has 7 nitrogen and oxygen atoms in total. The van der Waals surface area contributed by atoms with Gasteiger partial charge in [0, 0.05) is 32.3 Å². The Labute approximate surface area is 179 Å².